The minimum atomic E-state index is -0.750. The summed E-state index contributed by atoms with van der Waals surface area (Å²) in [5.74, 6) is -0.0196. The second kappa shape index (κ2) is 5.12. The van der Waals surface area contributed by atoms with E-state index in [-0.39, 0.29) is 5.91 Å². The molecule has 1 aromatic heterocycles. The fraction of sp³-hybridized carbons (Fsp3) is 0.615. The van der Waals surface area contributed by atoms with Crippen LogP contribution in [-0.2, 0) is 11.3 Å². The third kappa shape index (κ3) is 2.73. The summed E-state index contributed by atoms with van der Waals surface area (Å²) in [6, 6.07) is 3.67. The average molecular weight is 252 g/mol. The zero-order valence-electron chi connectivity index (χ0n) is 10.9. The molecular formula is C13H20N2O3. The Balaban J connectivity index is 2.07. The molecule has 5 nitrogen and oxygen atoms in total. The predicted molar refractivity (Wildman–Crippen MR) is 67.5 cm³/mol. The van der Waals surface area contributed by atoms with E-state index in [0.29, 0.717) is 38.4 Å². The number of hydrogen-bond donors (Lipinski definition) is 1. The van der Waals surface area contributed by atoms with Crippen LogP contribution in [0.15, 0.2) is 18.3 Å². The first kappa shape index (κ1) is 13.1. The van der Waals surface area contributed by atoms with Crippen LogP contribution >= 0.6 is 0 Å². The molecule has 2 rings (SSSR count). The summed E-state index contributed by atoms with van der Waals surface area (Å²) in [4.78, 5) is 14.0. The Kier molecular flexibility index (Phi) is 3.73. The Bertz CT molecular complexity index is 426. The van der Waals surface area contributed by atoms with Gasteiger partial charge in [0.15, 0.2) is 0 Å². The molecule has 2 heterocycles. The van der Waals surface area contributed by atoms with Gasteiger partial charge in [0.25, 0.3) is 5.91 Å². The maximum absolute atomic E-state index is 12.3. The van der Waals surface area contributed by atoms with E-state index >= 15 is 0 Å². The lowest BCUT2D eigenvalue weighted by atomic mass is 10.1. The molecule has 1 unspecified atom stereocenters. The quantitative estimate of drug-likeness (QED) is 0.859. The van der Waals surface area contributed by atoms with Gasteiger partial charge in [-0.15, -0.1) is 0 Å². The second-order valence-electron chi connectivity index (χ2n) is 5.05. The molecular weight excluding hydrogens is 232 g/mol. The highest BCUT2D eigenvalue weighted by atomic mass is 16.5. The molecule has 1 fully saturated rings. The van der Waals surface area contributed by atoms with Crippen LogP contribution in [0, 0.1) is 0 Å². The highest BCUT2D eigenvalue weighted by molar-refractivity contribution is 5.93. The Morgan fingerprint density at radius 3 is 3.00 bits per heavy atom. The molecule has 1 atom stereocenters. The minimum absolute atomic E-state index is 0.0196. The molecule has 1 amide bonds. The molecule has 0 bridgehead atoms. The molecule has 1 N–H and O–H groups in total. The molecule has 0 aromatic carbocycles. The summed E-state index contributed by atoms with van der Waals surface area (Å²) < 4.78 is 6.91. The lowest BCUT2D eigenvalue weighted by Crippen LogP contribution is -2.35. The van der Waals surface area contributed by atoms with Crippen molar-refractivity contribution in [1.82, 2.24) is 9.47 Å². The summed E-state index contributed by atoms with van der Waals surface area (Å²) in [5, 5.41) is 9.90. The number of nitrogens with zero attached hydrogens (tertiary/aromatic N) is 2. The standard InChI is InChI=1S/C13H20N2O3/c1-13(17)5-7-15(10-13)12(16)11-4-3-6-14(11)8-9-18-2/h3-4,6,17H,5,7-10H2,1-2H3. The van der Waals surface area contributed by atoms with Gasteiger partial charge in [0.2, 0.25) is 0 Å². The first-order chi connectivity index (χ1) is 8.53. The lowest BCUT2D eigenvalue weighted by molar-refractivity contribution is 0.0565. The van der Waals surface area contributed by atoms with Crippen LogP contribution < -0.4 is 0 Å². The van der Waals surface area contributed by atoms with E-state index in [1.165, 1.54) is 0 Å². The zero-order valence-corrected chi connectivity index (χ0v) is 10.9. The van der Waals surface area contributed by atoms with E-state index in [1.54, 1.807) is 18.9 Å². The summed E-state index contributed by atoms with van der Waals surface area (Å²) in [7, 11) is 1.64. The fourth-order valence-corrected chi connectivity index (χ4v) is 2.27. The number of methoxy groups -OCH3 is 1. The second-order valence-corrected chi connectivity index (χ2v) is 5.05. The van der Waals surface area contributed by atoms with Crippen molar-refractivity contribution in [2.75, 3.05) is 26.8 Å². The Morgan fingerprint density at radius 1 is 1.61 bits per heavy atom. The molecule has 0 saturated carbocycles. The van der Waals surface area contributed by atoms with E-state index in [0.717, 1.165) is 0 Å². The fourth-order valence-electron chi connectivity index (χ4n) is 2.27. The number of aromatic nitrogens is 1. The van der Waals surface area contributed by atoms with E-state index in [4.69, 9.17) is 4.74 Å². The first-order valence-corrected chi connectivity index (χ1v) is 6.19. The number of hydrogen-bond acceptors (Lipinski definition) is 3. The molecule has 100 valence electrons. The number of carbonyl (C=O) groups excluding carboxylic acids is 1. The Morgan fingerprint density at radius 2 is 2.39 bits per heavy atom. The zero-order chi connectivity index (χ0) is 13.2. The van der Waals surface area contributed by atoms with Crippen LogP contribution in [-0.4, -0.2) is 52.9 Å². The topological polar surface area (TPSA) is 54.7 Å². The molecule has 5 heteroatoms. The lowest BCUT2D eigenvalue weighted by Gasteiger charge is -2.19. The van der Waals surface area contributed by atoms with Crippen molar-refractivity contribution in [2.24, 2.45) is 0 Å². The van der Waals surface area contributed by atoms with Crippen LogP contribution in [0.2, 0.25) is 0 Å². The number of carbonyl (C=O) groups is 1. The van der Waals surface area contributed by atoms with E-state index in [2.05, 4.69) is 0 Å². The molecule has 1 saturated heterocycles. The number of likely N-dealkylation sites (tertiary alicyclic amines) is 1. The van der Waals surface area contributed by atoms with Crippen molar-refractivity contribution in [3.8, 4) is 0 Å². The number of rotatable bonds is 4. The molecule has 0 aliphatic carbocycles. The highest BCUT2D eigenvalue weighted by Gasteiger charge is 2.34. The minimum Gasteiger partial charge on any atom is -0.388 e. The number of β-amino-alcohol motifs (C(OH)–C–C–N with tert-alkyl or cyclic N) is 1. The third-order valence-electron chi connectivity index (χ3n) is 3.32. The van der Waals surface area contributed by atoms with E-state index < -0.39 is 5.60 Å². The van der Waals surface area contributed by atoms with Crippen LogP contribution in [0.1, 0.15) is 23.8 Å². The Labute approximate surface area is 107 Å². The van der Waals surface area contributed by atoms with Crippen molar-refractivity contribution in [3.63, 3.8) is 0 Å². The first-order valence-electron chi connectivity index (χ1n) is 6.19. The predicted octanol–water partition coefficient (Wildman–Crippen LogP) is 0.731. The van der Waals surface area contributed by atoms with Crippen molar-refractivity contribution < 1.29 is 14.6 Å². The molecule has 1 aliphatic heterocycles. The molecule has 0 radical (unpaired) electrons. The maximum Gasteiger partial charge on any atom is 0.270 e. The van der Waals surface area contributed by atoms with Gasteiger partial charge in [-0.25, -0.2) is 0 Å². The van der Waals surface area contributed by atoms with Crippen LogP contribution in [0.3, 0.4) is 0 Å². The summed E-state index contributed by atoms with van der Waals surface area (Å²) >= 11 is 0. The maximum atomic E-state index is 12.3. The number of aliphatic hydroxyl groups is 1. The van der Waals surface area contributed by atoms with Crippen LogP contribution in [0.4, 0.5) is 0 Å². The summed E-state index contributed by atoms with van der Waals surface area (Å²) in [5.41, 5.74) is -0.0932. The van der Waals surface area contributed by atoms with Gasteiger partial charge < -0.3 is 19.3 Å². The van der Waals surface area contributed by atoms with Gasteiger partial charge in [-0.1, -0.05) is 0 Å². The van der Waals surface area contributed by atoms with Gasteiger partial charge in [0, 0.05) is 32.9 Å². The van der Waals surface area contributed by atoms with Crippen LogP contribution in [0.5, 0.6) is 0 Å². The van der Waals surface area contributed by atoms with Crippen LogP contribution in [0.25, 0.3) is 0 Å². The van der Waals surface area contributed by atoms with Gasteiger partial charge in [-0.2, -0.15) is 0 Å². The van der Waals surface area contributed by atoms with Gasteiger partial charge >= 0.3 is 0 Å². The molecule has 0 spiro atoms. The van der Waals surface area contributed by atoms with Gasteiger partial charge in [-0.3, -0.25) is 4.79 Å². The molecule has 1 aliphatic rings. The largest absolute Gasteiger partial charge is 0.388 e. The van der Waals surface area contributed by atoms with Gasteiger partial charge in [-0.05, 0) is 25.5 Å². The van der Waals surface area contributed by atoms with Gasteiger partial charge in [0.05, 0.1) is 12.2 Å². The number of amides is 1. The van der Waals surface area contributed by atoms with E-state index in [1.807, 2.05) is 22.9 Å². The molecule has 18 heavy (non-hydrogen) atoms. The average Bonchev–Trinajstić information content (AvgIpc) is 2.91. The summed E-state index contributed by atoms with van der Waals surface area (Å²) in [6.45, 7) is 4.02. The van der Waals surface area contributed by atoms with E-state index in [9.17, 15) is 9.90 Å². The SMILES string of the molecule is COCCn1cccc1C(=O)N1CCC(C)(O)C1. The highest BCUT2D eigenvalue weighted by Crippen LogP contribution is 2.22. The Hall–Kier alpha value is -1.33. The molecule has 1 aromatic rings. The monoisotopic (exact) mass is 252 g/mol. The van der Waals surface area contributed by atoms with Crippen molar-refractivity contribution >= 4 is 5.91 Å². The number of ether oxygens (including phenoxy) is 1. The van der Waals surface area contributed by atoms with Crippen molar-refractivity contribution in [2.45, 2.75) is 25.5 Å². The normalized spacial score (nSPS) is 23.6. The third-order valence-corrected chi connectivity index (χ3v) is 3.32. The summed E-state index contributed by atoms with van der Waals surface area (Å²) in [6.07, 6.45) is 2.51. The van der Waals surface area contributed by atoms with Crippen molar-refractivity contribution in [3.05, 3.63) is 24.0 Å². The van der Waals surface area contributed by atoms with Gasteiger partial charge in [0.1, 0.15) is 5.69 Å². The van der Waals surface area contributed by atoms with Crippen molar-refractivity contribution in [1.29, 1.82) is 0 Å². The smallest absolute Gasteiger partial charge is 0.270 e.